The monoisotopic (exact) mass is 320 g/mol. The molecule has 2 aromatic rings. The molecule has 0 saturated carbocycles. The normalized spacial score (nSPS) is 18.5. The number of carbonyl (C=O) groups is 1. The maximum absolute atomic E-state index is 12.2. The summed E-state index contributed by atoms with van der Waals surface area (Å²) in [5.41, 5.74) is 2.14. The number of hydrogen-bond donors (Lipinski definition) is 2. The van der Waals surface area contributed by atoms with E-state index in [0.717, 1.165) is 30.6 Å². The minimum atomic E-state index is -0.0377. The van der Waals surface area contributed by atoms with Crippen LogP contribution in [0.25, 0.3) is 5.69 Å². The quantitative estimate of drug-likeness (QED) is 0.908. The van der Waals surface area contributed by atoms with Crippen molar-refractivity contribution in [2.75, 3.05) is 6.54 Å². The van der Waals surface area contributed by atoms with Gasteiger partial charge in [0.2, 0.25) is 5.91 Å². The smallest absolute Gasteiger partial charge is 0.237 e. The lowest BCUT2D eigenvalue weighted by Gasteiger charge is -2.18. The van der Waals surface area contributed by atoms with Crippen molar-refractivity contribution in [3.63, 3.8) is 0 Å². The van der Waals surface area contributed by atoms with Crippen molar-refractivity contribution in [1.29, 1.82) is 0 Å². The highest BCUT2D eigenvalue weighted by Crippen LogP contribution is 2.17. The van der Waals surface area contributed by atoms with Crippen LogP contribution >= 0.6 is 12.4 Å². The molecule has 1 aliphatic rings. The maximum atomic E-state index is 12.2. The van der Waals surface area contributed by atoms with E-state index in [-0.39, 0.29) is 30.4 Å². The zero-order chi connectivity index (χ0) is 14.7. The minimum absolute atomic E-state index is 0. The van der Waals surface area contributed by atoms with Crippen LogP contribution in [0.5, 0.6) is 0 Å². The van der Waals surface area contributed by atoms with E-state index in [9.17, 15) is 4.79 Å². The minimum Gasteiger partial charge on any atom is -0.348 e. The molecule has 22 heavy (non-hydrogen) atoms. The van der Waals surface area contributed by atoms with Crippen LogP contribution < -0.4 is 10.6 Å². The molecule has 0 radical (unpaired) electrons. The summed E-state index contributed by atoms with van der Waals surface area (Å²) in [7, 11) is 0. The van der Waals surface area contributed by atoms with E-state index < -0.39 is 0 Å². The Labute approximate surface area is 136 Å². The highest BCUT2D eigenvalue weighted by Gasteiger charge is 2.23. The largest absolute Gasteiger partial charge is 0.348 e. The third-order valence-corrected chi connectivity index (χ3v) is 3.91. The molecular formula is C16H21ClN4O. The van der Waals surface area contributed by atoms with Crippen molar-refractivity contribution in [2.24, 2.45) is 0 Å². The Bertz CT molecular complexity index is 608. The number of hydrogen-bond acceptors (Lipinski definition) is 3. The first-order chi connectivity index (χ1) is 10.2. The van der Waals surface area contributed by atoms with Crippen molar-refractivity contribution in [3.8, 4) is 5.69 Å². The van der Waals surface area contributed by atoms with Gasteiger partial charge in [0.05, 0.1) is 18.4 Å². The zero-order valence-electron chi connectivity index (χ0n) is 12.5. The third kappa shape index (κ3) is 3.67. The van der Waals surface area contributed by atoms with Crippen LogP contribution in [0.1, 0.15) is 31.4 Å². The van der Waals surface area contributed by atoms with Gasteiger partial charge in [-0.15, -0.1) is 12.4 Å². The molecule has 6 heteroatoms. The fourth-order valence-electron chi connectivity index (χ4n) is 2.67. The van der Waals surface area contributed by atoms with Gasteiger partial charge in [0.1, 0.15) is 0 Å². The van der Waals surface area contributed by atoms with E-state index in [1.54, 1.807) is 12.5 Å². The summed E-state index contributed by atoms with van der Waals surface area (Å²) in [6.07, 6.45) is 7.43. The highest BCUT2D eigenvalue weighted by molar-refractivity contribution is 5.85. The number of benzene rings is 1. The van der Waals surface area contributed by atoms with E-state index in [1.807, 2.05) is 35.9 Å². The molecule has 1 fully saturated rings. The number of amides is 1. The predicted octanol–water partition coefficient (Wildman–Crippen LogP) is 2.22. The Balaban J connectivity index is 0.00000176. The number of nitrogens with zero attached hydrogens (tertiary/aromatic N) is 2. The molecule has 3 rings (SSSR count). The lowest BCUT2D eigenvalue weighted by molar-refractivity contribution is -0.123. The van der Waals surface area contributed by atoms with Crippen molar-refractivity contribution in [1.82, 2.24) is 20.2 Å². The lowest BCUT2D eigenvalue weighted by atomic mass is 10.1. The molecule has 0 spiro atoms. The van der Waals surface area contributed by atoms with Gasteiger partial charge in [0.25, 0.3) is 0 Å². The average molecular weight is 321 g/mol. The van der Waals surface area contributed by atoms with Crippen LogP contribution in [-0.4, -0.2) is 28.0 Å². The van der Waals surface area contributed by atoms with Gasteiger partial charge in [-0.05, 0) is 44.0 Å². The molecule has 2 atom stereocenters. The lowest BCUT2D eigenvalue weighted by Crippen LogP contribution is -2.41. The number of halogens is 1. The molecule has 118 valence electrons. The van der Waals surface area contributed by atoms with Gasteiger partial charge in [-0.1, -0.05) is 12.1 Å². The summed E-state index contributed by atoms with van der Waals surface area (Å²) >= 11 is 0. The second-order valence-electron chi connectivity index (χ2n) is 5.44. The van der Waals surface area contributed by atoms with Gasteiger partial charge in [-0.2, -0.15) is 0 Å². The Morgan fingerprint density at radius 2 is 2.36 bits per heavy atom. The second kappa shape index (κ2) is 7.42. The number of carbonyl (C=O) groups excluding carboxylic acids is 1. The van der Waals surface area contributed by atoms with Gasteiger partial charge in [-0.3, -0.25) is 4.79 Å². The first kappa shape index (κ1) is 16.5. The summed E-state index contributed by atoms with van der Waals surface area (Å²) in [4.78, 5) is 16.2. The number of aromatic nitrogens is 2. The van der Waals surface area contributed by atoms with Gasteiger partial charge in [-0.25, -0.2) is 4.98 Å². The molecule has 2 N–H and O–H groups in total. The van der Waals surface area contributed by atoms with Crippen LogP contribution in [-0.2, 0) is 4.79 Å². The number of nitrogens with one attached hydrogen (secondary N) is 2. The molecule has 0 bridgehead atoms. The fourth-order valence-corrected chi connectivity index (χ4v) is 2.67. The van der Waals surface area contributed by atoms with Gasteiger partial charge >= 0.3 is 0 Å². The topological polar surface area (TPSA) is 59.0 Å². The van der Waals surface area contributed by atoms with E-state index >= 15 is 0 Å². The van der Waals surface area contributed by atoms with Gasteiger partial charge in [0.15, 0.2) is 0 Å². The summed E-state index contributed by atoms with van der Waals surface area (Å²) in [5.74, 6) is 0.0908. The fraction of sp³-hybridized carbons (Fsp3) is 0.375. The molecule has 2 heterocycles. The summed E-state index contributed by atoms with van der Waals surface area (Å²) < 4.78 is 1.95. The van der Waals surface area contributed by atoms with Crippen LogP contribution in [0.15, 0.2) is 43.0 Å². The SMILES string of the molecule is CC(NC(=O)C1CCCN1)c1cccc(-n2ccnc2)c1.Cl. The first-order valence-electron chi connectivity index (χ1n) is 7.36. The van der Waals surface area contributed by atoms with E-state index in [1.165, 1.54) is 0 Å². The summed E-state index contributed by atoms with van der Waals surface area (Å²) in [6.45, 7) is 2.95. The van der Waals surface area contributed by atoms with Crippen molar-refractivity contribution >= 4 is 18.3 Å². The molecule has 1 aromatic heterocycles. The van der Waals surface area contributed by atoms with E-state index in [2.05, 4.69) is 21.7 Å². The van der Waals surface area contributed by atoms with E-state index in [0.29, 0.717) is 0 Å². The summed E-state index contributed by atoms with van der Waals surface area (Å²) in [6, 6.07) is 8.09. The van der Waals surface area contributed by atoms with Crippen LogP contribution in [0.3, 0.4) is 0 Å². The Morgan fingerprint density at radius 1 is 1.50 bits per heavy atom. The molecule has 1 amide bonds. The molecule has 1 aromatic carbocycles. The molecule has 2 unspecified atom stereocenters. The summed E-state index contributed by atoms with van der Waals surface area (Å²) in [5, 5.41) is 6.31. The second-order valence-corrected chi connectivity index (χ2v) is 5.44. The van der Waals surface area contributed by atoms with Crippen molar-refractivity contribution in [2.45, 2.75) is 31.8 Å². The number of imidazole rings is 1. The van der Waals surface area contributed by atoms with E-state index in [4.69, 9.17) is 0 Å². The van der Waals surface area contributed by atoms with Crippen LogP contribution in [0.4, 0.5) is 0 Å². The molecule has 1 saturated heterocycles. The van der Waals surface area contributed by atoms with Crippen LogP contribution in [0.2, 0.25) is 0 Å². The zero-order valence-corrected chi connectivity index (χ0v) is 13.3. The molecule has 5 nitrogen and oxygen atoms in total. The van der Waals surface area contributed by atoms with Crippen molar-refractivity contribution in [3.05, 3.63) is 48.5 Å². The molecular weight excluding hydrogens is 300 g/mol. The Hall–Kier alpha value is -1.85. The molecule has 0 aliphatic carbocycles. The third-order valence-electron chi connectivity index (χ3n) is 3.91. The predicted molar refractivity (Wildman–Crippen MR) is 88.4 cm³/mol. The number of rotatable bonds is 4. The first-order valence-corrected chi connectivity index (χ1v) is 7.36. The standard InChI is InChI=1S/C16H20N4O.ClH/c1-12(19-16(21)15-6-3-7-18-15)13-4-2-5-14(10-13)20-9-8-17-11-20;/h2,4-5,8-12,15,18H,3,6-7H2,1H3,(H,19,21);1H. The van der Waals surface area contributed by atoms with Gasteiger partial charge in [0, 0.05) is 18.1 Å². The van der Waals surface area contributed by atoms with Gasteiger partial charge < -0.3 is 15.2 Å². The highest BCUT2D eigenvalue weighted by atomic mass is 35.5. The average Bonchev–Trinajstić information content (AvgIpc) is 3.20. The Morgan fingerprint density at radius 3 is 3.05 bits per heavy atom. The molecule has 1 aliphatic heterocycles. The van der Waals surface area contributed by atoms with Crippen LogP contribution in [0, 0.1) is 0 Å². The Kier molecular flexibility index (Phi) is 5.57. The maximum Gasteiger partial charge on any atom is 0.237 e. The van der Waals surface area contributed by atoms with Crippen molar-refractivity contribution < 1.29 is 4.79 Å².